The Labute approximate surface area is 207 Å². The first-order valence-corrected chi connectivity index (χ1v) is 11.8. The van der Waals surface area contributed by atoms with Gasteiger partial charge in [-0.3, -0.25) is 10.1 Å². The summed E-state index contributed by atoms with van der Waals surface area (Å²) < 4.78 is 17.4. The Bertz CT molecular complexity index is 1280. The summed E-state index contributed by atoms with van der Waals surface area (Å²) in [4.78, 5) is 24.0. The summed E-state index contributed by atoms with van der Waals surface area (Å²) in [5, 5.41) is 11.9. The molecule has 3 aromatic rings. The van der Waals surface area contributed by atoms with Crippen LogP contribution in [-0.4, -0.2) is 54.6 Å². The number of Topliss-reactive ketones (excluding diaryl/α,β-unsaturated/α-hetero) is 1. The van der Waals surface area contributed by atoms with Crippen LogP contribution in [0.25, 0.3) is 10.8 Å². The van der Waals surface area contributed by atoms with E-state index in [2.05, 4.69) is 28.1 Å². The van der Waals surface area contributed by atoms with Gasteiger partial charge in [0.25, 0.3) is 0 Å². The molecule has 180 valence electrons. The number of ether oxygens (including phenoxy) is 3. The second kappa shape index (κ2) is 9.99. The van der Waals surface area contributed by atoms with E-state index in [1.807, 2.05) is 30.3 Å². The monoisotopic (exact) mass is 491 g/mol. The highest BCUT2D eigenvalue weighted by Gasteiger charge is 2.49. The van der Waals surface area contributed by atoms with E-state index in [0.717, 1.165) is 16.5 Å². The largest absolute Gasteiger partial charge is 0.441 e. The Hall–Kier alpha value is -3.53. The Morgan fingerprint density at radius 3 is 2.57 bits per heavy atom. The molecule has 35 heavy (non-hydrogen) atoms. The van der Waals surface area contributed by atoms with Crippen LogP contribution in [-0.2, 0) is 14.2 Å². The van der Waals surface area contributed by atoms with Gasteiger partial charge >= 0.3 is 6.09 Å². The van der Waals surface area contributed by atoms with Gasteiger partial charge in [-0.2, -0.15) is 0 Å². The molecule has 0 radical (unpaired) electrons. The van der Waals surface area contributed by atoms with E-state index in [0.29, 0.717) is 23.0 Å². The molecule has 2 heterocycles. The highest BCUT2D eigenvalue weighted by molar-refractivity contribution is 7.80. The zero-order valence-corrected chi connectivity index (χ0v) is 19.8. The Morgan fingerprint density at radius 1 is 0.943 bits per heavy atom. The van der Waals surface area contributed by atoms with Crippen LogP contribution in [0.3, 0.4) is 0 Å². The second-order valence-corrected chi connectivity index (χ2v) is 8.94. The number of thiocarbonyl (C=S) groups is 1. The van der Waals surface area contributed by atoms with Crippen molar-refractivity contribution in [1.82, 2.24) is 5.32 Å². The average molecular weight is 492 g/mol. The van der Waals surface area contributed by atoms with Crippen molar-refractivity contribution in [2.24, 2.45) is 0 Å². The Kier molecular flexibility index (Phi) is 6.63. The molecule has 4 atom stereocenters. The van der Waals surface area contributed by atoms with Crippen molar-refractivity contribution in [3.8, 4) is 0 Å². The summed E-state index contributed by atoms with van der Waals surface area (Å²) >= 11 is 5.54. The first kappa shape index (κ1) is 23.2. The van der Waals surface area contributed by atoms with E-state index in [9.17, 15) is 9.59 Å². The predicted octanol–water partition coefficient (Wildman–Crippen LogP) is 4.11. The molecule has 0 aliphatic carbocycles. The minimum atomic E-state index is -0.631. The van der Waals surface area contributed by atoms with Gasteiger partial charge in [0.1, 0.15) is 12.2 Å². The van der Waals surface area contributed by atoms with Crippen molar-refractivity contribution < 1.29 is 23.8 Å². The molecule has 2 saturated heterocycles. The summed E-state index contributed by atoms with van der Waals surface area (Å²) in [5.74, 6) is -0.0835. The summed E-state index contributed by atoms with van der Waals surface area (Å²) in [5.41, 5.74) is 1.90. The molecule has 0 bridgehead atoms. The molecule has 5 rings (SSSR count). The Morgan fingerprint density at radius 2 is 1.71 bits per heavy atom. The van der Waals surface area contributed by atoms with E-state index in [-0.39, 0.29) is 24.5 Å². The molecule has 0 spiro atoms. The van der Waals surface area contributed by atoms with Crippen LogP contribution < -0.4 is 16.0 Å². The molecule has 4 unspecified atom stereocenters. The lowest BCUT2D eigenvalue weighted by atomic mass is 10.1. The Balaban J connectivity index is 1.16. The molecule has 2 fully saturated rings. The molecule has 0 saturated carbocycles. The van der Waals surface area contributed by atoms with Crippen LogP contribution in [0.4, 0.5) is 16.2 Å². The van der Waals surface area contributed by atoms with E-state index >= 15 is 0 Å². The summed E-state index contributed by atoms with van der Waals surface area (Å²) in [6.07, 6.45) is -1.89. The summed E-state index contributed by atoms with van der Waals surface area (Å²) in [6.45, 7) is 2.06. The number of fused-ring (bicyclic) bond motifs is 2. The lowest BCUT2D eigenvalue weighted by Gasteiger charge is -2.20. The van der Waals surface area contributed by atoms with Crippen LogP contribution in [0.2, 0.25) is 0 Å². The first-order chi connectivity index (χ1) is 17.0. The number of nitrogens with one attached hydrogen (secondary N) is 3. The number of carbonyl (C=O) groups excluding carboxylic acids is 2. The fraction of sp³-hybridized carbons (Fsp3) is 0.269. The number of hydrogen-bond acceptors (Lipinski definition) is 6. The summed E-state index contributed by atoms with van der Waals surface area (Å²) in [7, 11) is 0. The zero-order valence-electron chi connectivity index (χ0n) is 19.0. The lowest BCUT2D eigenvalue weighted by molar-refractivity contribution is 0.00880. The third-order valence-corrected chi connectivity index (χ3v) is 6.36. The second-order valence-electron chi connectivity index (χ2n) is 8.53. The predicted molar refractivity (Wildman–Crippen MR) is 137 cm³/mol. The van der Waals surface area contributed by atoms with Gasteiger partial charge in [-0.05, 0) is 42.7 Å². The number of rotatable bonds is 5. The molecule has 2 aliphatic rings. The SMILES string of the molecule is CC(=O)c1cccc(NC(=O)OC2COC3C(NC(=S)Nc4cccc5ccccc45)COC23)c1. The number of ketones is 1. The molecule has 9 heteroatoms. The fourth-order valence-electron chi connectivity index (χ4n) is 4.45. The number of anilines is 2. The maximum absolute atomic E-state index is 12.4. The zero-order chi connectivity index (χ0) is 24.4. The van der Waals surface area contributed by atoms with Crippen LogP contribution in [0.15, 0.2) is 66.7 Å². The number of hydrogen-bond donors (Lipinski definition) is 3. The van der Waals surface area contributed by atoms with Gasteiger partial charge in [-0.1, -0.05) is 48.5 Å². The topological polar surface area (TPSA) is 97.9 Å². The average Bonchev–Trinajstić information content (AvgIpc) is 3.42. The van der Waals surface area contributed by atoms with Gasteiger partial charge in [0.05, 0.1) is 19.3 Å². The van der Waals surface area contributed by atoms with Gasteiger partial charge in [0.2, 0.25) is 0 Å². The maximum Gasteiger partial charge on any atom is 0.412 e. The van der Waals surface area contributed by atoms with Crippen LogP contribution >= 0.6 is 12.2 Å². The molecule has 3 aromatic carbocycles. The van der Waals surface area contributed by atoms with E-state index < -0.39 is 18.3 Å². The van der Waals surface area contributed by atoms with Gasteiger partial charge in [0.15, 0.2) is 17.0 Å². The van der Waals surface area contributed by atoms with Gasteiger partial charge in [-0.15, -0.1) is 0 Å². The molecule has 1 amide bonds. The van der Waals surface area contributed by atoms with Crippen molar-refractivity contribution >= 4 is 51.4 Å². The molecular formula is C26H25N3O5S. The van der Waals surface area contributed by atoms with Crippen LogP contribution in [0, 0.1) is 0 Å². The quantitative estimate of drug-likeness (QED) is 0.362. The van der Waals surface area contributed by atoms with Crippen molar-refractivity contribution in [3.63, 3.8) is 0 Å². The number of benzene rings is 3. The van der Waals surface area contributed by atoms with Gasteiger partial charge in [-0.25, -0.2) is 4.79 Å². The number of carbonyl (C=O) groups is 2. The smallest absolute Gasteiger partial charge is 0.412 e. The van der Waals surface area contributed by atoms with Crippen molar-refractivity contribution in [2.75, 3.05) is 23.8 Å². The molecule has 0 aromatic heterocycles. The van der Waals surface area contributed by atoms with Crippen molar-refractivity contribution in [1.29, 1.82) is 0 Å². The third-order valence-electron chi connectivity index (χ3n) is 6.14. The molecule has 3 N–H and O–H groups in total. The molecule has 8 nitrogen and oxygen atoms in total. The van der Waals surface area contributed by atoms with E-state index in [1.54, 1.807) is 24.3 Å². The first-order valence-electron chi connectivity index (χ1n) is 11.3. The fourth-order valence-corrected chi connectivity index (χ4v) is 4.71. The highest BCUT2D eigenvalue weighted by atomic mass is 32.1. The standard InChI is InChI=1S/C26H25N3O5S/c1-15(30)17-8-4-9-18(12-17)27-26(31)34-22-14-33-23-21(13-32-24(22)23)29-25(35)28-20-11-5-7-16-6-2-3-10-19(16)20/h2-12,21-24H,13-14H2,1H3,(H,27,31)(H2,28,29,35). The van der Waals surface area contributed by atoms with E-state index in [4.69, 9.17) is 26.4 Å². The normalized spacial score (nSPS) is 22.9. The van der Waals surface area contributed by atoms with Gasteiger partial charge < -0.3 is 24.8 Å². The van der Waals surface area contributed by atoms with Crippen molar-refractivity contribution in [2.45, 2.75) is 31.3 Å². The minimum absolute atomic E-state index is 0.0835. The van der Waals surface area contributed by atoms with Crippen LogP contribution in [0.5, 0.6) is 0 Å². The summed E-state index contributed by atoms with van der Waals surface area (Å²) in [6, 6.07) is 20.6. The van der Waals surface area contributed by atoms with Crippen molar-refractivity contribution in [3.05, 3.63) is 72.3 Å². The maximum atomic E-state index is 12.4. The minimum Gasteiger partial charge on any atom is -0.441 e. The van der Waals surface area contributed by atoms with E-state index in [1.165, 1.54) is 6.92 Å². The highest BCUT2D eigenvalue weighted by Crippen LogP contribution is 2.30. The number of amides is 1. The molecular weight excluding hydrogens is 466 g/mol. The molecule has 2 aliphatic heterocycles. The van der Waals surface area contributed by atoms with Crippen LogP contribution in [0.1, 0.15) is 17.3 Å². The van der Waals surface area contributed by atoms with Gasteiger partial charge in [0, 0.05) is 22.3 Å². The third kappa shape index (κ3) is 5.12. The lowest BCUT2D eigenvalue weighted by Crippen LogP contribution is -2.46.